The molecule has 2 aromatic rings. The maximum atomic E-state index is 9.53. The van der Waals surface area contributed by atoms with Gasteiger partial charge in [-0.3, -0.25) is 0 Å². The van der Waals surface area contributed by atoms with Crippen LogP contribution < -0.4 is 5.32 Å². The SMILES string of the molecule is OCC(O)CNC(Cc1ccccc1)Cc1ccccc1. The minimum absolute atomic E-state index is 0.212. The summed E-state index contributed by atoms with van der Waals surface area (Å²) in [7, 11) is 0. The first kappa shape index (κ1) is 15.7. The molecular formula is C18H23NO2. The molecule has 0 aliphatic heterocycles. The Morgan fingerprint density at radius 1 is 0.810 bits per heavy atom. The third kappa shape index (κ3) is 5.68. The summed E-state index contributed by atoms with van der Waals surface area (Å²) in [6, 6.07) is 20.9. The van der Waals surface area contributed by atoms with Gasteiger partial charge in [0.05, 0.1) is 12.7 Å². The van der Waals surface area contributed by atoms with Gasteiger partial charge in [-0.05, 0) is 24.0 Å². The van der Waals surface area contributed by atoms with Crippen LogP contribution in [0.4, 0.5) is 0 Å². The first-order chi connectivity index (χ1) is 10.3. The number of aliphatic hydroxyl groups excluding tert-OH is 2. The maximum absolute atomic E-state index is 9.53. The summed E-state index contributed by atoms with van der Waals surface area (Å²) >= 11 is 0. The molecule has 0 amide bonds. The molecule has 0 heterocycles. The lowest BCUT2D eigenvalue weighted by Gasteiger charge is -2.20. The zero-order valence-electron chi connectivity index (χ0n) is 12.2. The van der Waals surface area contributed by atoms with Crippen molar-refractivity contribution in [1.29, 1.82) is 0 Å². The Morgan fingerprint density at radius 2 is 1.29 bits per heavy atom. The molecule has 0 aliphatic rings. The molecule has 3 nitrogen and oxygen atoms in total. The quantitative estimate of drug-likeness (QED) is 0.693. The van der Waals surface area contributed by atoms with Crippen molar-refractivity contribution >= 4 is 0 Å². The number of benzene rings is 2. The van der Waals surface area contributed by atoms with Crippen molar-refractivity contribution in [3.05, 3.63) is 71.8 Å². The second kappa shape index (κ2) is 8.57. The highest BCUT2D eigenvalue weighted by Gasteiger charge is 2.12. The molecule has 112 valence electrons. The summed E-state index contributed by atoms with van der Waals surface area (Å²) in [4.78, 5) is 0. The van der Waals surface area contributed by atoms with E-state index in [-0.39, 0.29) is 12.6 Å². The van der Waals surface area contributed by atoms with Gasteiger partial charge in [0.1, 0.15) is 0 Å². The number of nitrogens with one attached hydrogen (secondary N) is 1. The summed E-state index contributed by atoms with van der Waals surface area (Å²) in [6.07, 6.45) is 1.08. The number of aliphatic hydroxyl groups is 2. The van der Waals surface area contributed by atoms with Gasteiger partial charge < -0.3 is 15.5 Å². The van der Waals surface area contributed by atoms with Crippen LogP contribution in [-0.2, 0) is 12.8 Å². The van der Waals surface area contributed by atoms with E-state index in [1.807, 2.05) is 36.4 Å². The van der Waals surface area contributed by atoms with Crippen molar-refractivity contribution in [3.8, 4) is 0 Å². The molecule has 0 aliphatic carbocycles. The van der Waals surface area contributed by atoms with Gasteiger partial charge in [-0.15, -0.1) is 0 Å². The van der Waals surface area contributed by atoms with Crippen molar-refractivity contribution in [1.82, 2.24) is 5.32 Å². The van der Waals surface area contributed by atoms with Crippen molar-refractivity contribution in [2.45, 2.75) is 25.0 Å². The topological polar surface area (TPSA) is 52.5 Å². The van der Waals surface area contributed by atoms with Crippen LogP contribution in [0.25, 0.3) is 0 Å². The predicted molar refractivity (Wildman–Crippen MR) is 85.2 cm³/mol. The summed E-state index contributed by atoms with van der Waals surface area (Å²) in [6.45, 7) is 0.192. The molecule has 0 saturated heterocycles. The molecule has 1 unspecified atom stereocenters. The Morgan fingerprint density at radius 3 is 1.71 bits per heavy atom. The van der Waals surface area contributed by atoms with Gasteiger partial charge in [-0.2, -0.15) is 0 Å². The molecule has 2 aromatic carbocycles. The van der Waals surface area contributed by atoms with Gasteiger partial charge >= 0.3 is 0 Å². The van der Waals surface area contributed by atoms with E-state index in [9.17, 15) is 5.11 Å². The zero-order valence-corrected chi connectivity index (χ0v) is 12.2. The molecule has 0 saturated carbocycles. The minimum atomic E-state index is -0.709. The summed E-state index contributed by atoms with van der Waals surface area (Å²) < 4.78 is 0. The van der Waals surface area contributed by atoms with Crippen LogP contribution in [-0.4, -0.2) is 35.5 Å². The number of hydrogen-bond donors (Lipinski definition) is 3. The fourth-order valence-corrected chi connectivity index (χ4v) is 2.38. The Kier molecular flexibility index (Phi) is 6.41. The van der Waals surface area contributed by atoms with E-state index >= 15 is 0 Å². The highest BCUT2D eigenvalue weighted by molar-refractivity contribution is 5.19. The summed E-state index contributed by atoms with van der Waals surface area (Å²) in [5, 5.41) is 21.8. The molecule has 0 radical (unpaired) electrons. The van der Waals surface area contributed by atoms with Crippen LogP contribution in [0.5, 0.6) is 0 Å². The molecule has 0 aromatic heterocycles. The lowest BCUT2D eigenvalue weighted by molar-refractivity contribution is 0.0918. The molecule has 3 heteroatoms. The Bertz CT molecular complexity index is 460. The highest BCUT2D eigenvalue weighted by atomic mass is 16.3. The summed E-state index contributed by atoms with van der Waals surface area (Å²) in [5.41, 5.74) is 2.54. The van der Waals surface area contributed by atoms with Crippen molar-refractivity contribution in [2.75, 3.05) is 13.2 Å². The standard InChI is InChI=1S/C18H23NO2/c20-14-18(21)13-19-17(11-15-7-3-1-4-8-15)12-16-9-5-2-6-10-16/h1-10,17-21H,11-14H2. The van der Waals surface area contributed by atoms with Gasteiger partial charge in [0.25, 0.3) is 0 Å². The van der Waals surface area contributed by atoms with Crippen LogP contribution in [0.2, 0.25) is 0 Å². The van der Waals surface area contributed by atoms with Crippen LogP contribution in [0.15, 0.2) is 60.7 Å². The van der Waals surface area contributed by atoms with E-state index in [2.05, 4.69) is 29.6 Å². The highest BCUT2D eigenvalue weighted by Crippen LogP contribution is 2.09. The number of rotatable bonds is 8. The van der Waals surface area contributed by atoms with Gasteiger partial charge in [-0.1, -0.05) is 60.7 Å². The molecule has 0 fully saturated rings. The molecule has 0 bridgehead atoms. The first-order valence-corrected chi connectivity index (χ1v) is 7.38. The molecule has 3 N–H and O–H groups in total. The van der Waals surface area contributed by atoms with Gasteiger partial charge in [-0.25, -0.2) is 0 Å². The average Bonchev–Trinajstić information content (AvgIpc) is 2.54. The maximum Gasteiger partial charge on any atom is 0.0895 e. The molecule has 21 heavy (non-hydrogen) atoms. The molecule has 1 atom stereocenters. The second-order valence-electron chi connectivity index (χ2n) is 5.32. The van der Waals surface area contributed by atoms with Gasteiger partial charge in [0.2, 0.25) is 0 Å². The lowest BCUT2D eigenvalue weighted by atomic mass is 9.99. The summed E-state index contributed by atoms with van der Waals surface area (Å²) in [5.74, 6) is 0. The van der Waals surface area contributed by atoms with Crippen molar-refractivity contribution in [2.24, 2.45) is 0 Å². The zero-order chi connectivity index (χ0) is 14.9. The van der Waals surface area contributed by atoms with E-state index < -0.39 is 6.10 Å². The monoisotopic (exact) mass is 285 g/mol. The van der Waals surface area contributed by atoms with E-state index in [4.69, 9.17) is 5.11 Å². The predicted octanol–water partition coefficient (Wildman–Crippen LogP) is 1.78. The van der Waals surface area contributed by atoms with Gasteiger partial charge in [0, 0.05) is 12.6 Å². The minimum Gasteiger partial charge on any atom is -0.394 e. The van der Waals surface area contributed by atoms with Crippen molar-refractivity contribution in [3.63, 3.8) is 0 Å². The molecule has 0 spiro atoms. The Hall–Kier alpha value is -1.68. The smallest absolute Gasteiger partial charge is 0.0895 e. The Balaban J connectivity index is 1.99. The third-order valence-electron chi connectivity index (χ3n) is 3.50. The normalized spacial score (nSPS) is 12.5. The molecular weight excluding hydrogens is 262 g/mol. The van der Waals surface area contributed by atoms with Crippen molar-refractivity contribution < 1.29 is 10.2 Å². The van der Waals surface area contributed by atoms with E-state index in [1.54, 1.807) is 0 Å². The van der Waals surface area contributed by atoms with E-state index in [1.165, 1.54) is 11.1 Å². The first-order valence-electron chi connectivity index (χ1n) is 7.38. The Labute approximate surface area is 126 Å². The van der Waals surface area contributed by atoms with Crippen LogP contribution in [0.1, 0.15) is 11.1 Å². The second-order valence-corrected chi connectivity index (χ2v) is 5.32. The van der Waals surface area contributed by atoms with Crippen LogP contribution in [0.3, 0.4) is 0 Å². The largest absolute Gasteiger partial charge is 0.394 e. The average molecular weight is 285 g/mol. The fourth-order valence-electron chi connectivity index (χ4n) is 2.38. The van der Waals surface area contributed by atoms with E-state index in [0.717, 1.165) is 12.8 Å². The van der Waals surface area contributed by atoms with E-state index in [0.29, 0.717) is 6.54 Å². The van der Waals surface area contributed by atoms with Crippen LogP contribution >= 0.6 is 0 Å². The molecule has 2 rings (SSSR count). The fraction of sp³-hybridized carbons (Fsp3) is 0.333. The number of hydrogen-bond acceptors (Lipinski definition) is 3. The lowest BCUT2D eigenvalue weighted by Crippen LogP contribution is -2.39. The van der Waals surface area contributed by atoms with Gasteiger partial charge in [0.15, 0.2) is 0 Å². The van der Waals surface area contributed by atoms with Crippen LogP contribution in [0, 0.1) is 0 Å². The third-order valence-corrected chi connectivity index (χ3v) is 3.50.